The maximum absolute atomic E-state index is 12.8. The summed E-state index contributed by atoms with van der Waals surface area (Å²) in [5, 5.41) is 2.65. The molecule has 0 spiro atoms. The number of ether oxygens (including phenoxy) is 1. The van der Waals surface area contributed by atoms with Gasteiger partial charge in [-0.15, -0.1) is 0 Å². The van der Waals surface area contributed by atoms with Crippen molar-refractivity contribution in [3.05, 3.63) is 77.1 Å². The fraction of sp³-hybridized carbons (Fsp3) is 0.200. The quantitative estimate of drug-likeness (QED) is 0.622. The van der Waals surface area contributed by atoms with Gasteiger partial charge in [0.25, 0.3) is 5.91 Å². The molecule has 0 unspecified atom stereocenters. The number of hydrogen-bond acceptors (Lipinski definition) is 3. The van der Waals surface area contributed by atoms with E-state index in [4.69, 9.17) is 4.74 Å². The van der Waals surface area contributed by atoms with Crippen molar-refractivity contribution in [2.24, 2.45) is 0 Å². The lowest BCUT2D eigenvalue weighted by atomic mass is 10.1. The largest absolute Gasteiger partial charge is 0.452 e. The van der Waals surface area contributed by atoms with Crippen LogP contribution in [0.4, 0.5) is 4.39 Å². The van der Waals surface area contributed by atoms with Gasteiger partial charge in [0.15, 0.2) is 6.61 Å². The highest BCUT2D eigenvalue weighted by Crippen LogP contribution is 2.08. The van der Waals surface area contributed by atoms with Crippen LogP contribution in [0.3, 0.4) is 0 Å². The van der Waals surface area contributed by atoms with Gasteiger partial charge in [0.1, 0.15) is 5.82 Å². The molecular weight excluding hydrogens is 321 g/mol. The first-order valence-electron chi connectivity index (χ1n) is 7.96. The lowest BCUT2D eigenvalue weighted by Gasteiger charge is -2.05. The Morgan fingerprint density at radius 2 is 1.84 bits per heavy atom. The Morgan fingerprint density at radius 1 is 1.12 bits per heavy atom. The molecule has 0 aromatic heterocycles. The van der Waals surface area contributed by atoms with Crippen LogP contribution in [-0.2, 0) is 20.7 Å². The van der Waals surface area contributed by atoms with Crippen molar-refractivity contribution in [1.82, 2.24) is 5.32 Å². The summed E-state index contributed by atoms with van der Waals surface area (Å²) in [7, 11) is 0. The summed E-state index contributed by atoms with van der Waals surface area (Å²) in [6, 6.07) is 13.7. The molecule has 0 heterocycles. The molecule has 2 aromatic rings. The van der Waals surface area contributed by atoms with E-state index in [1.165, 1.54) is 18.2 Å². The maximum Gasteiger partial charge on any atom is 0.331 e. The molecule has 5 heteroatoms. The second-order valence-electron chi connectivity index (χ2n) is 5.52. The highest BCUT2D eigenvalue weighted by molar-refractivity contribution is 5.89. The molecule has 130 valence electrons. The standard InChI is InChI=1S/C20H20FNO3/c1-15-4-2-3-5-17(15)8-11-20(24)25-14-19(23)22-13-12-16-6-9-18(21)10-7-16/h2-11H,12-14H2,1H3,(H,22,23)/b11-8+. The number of aryl methyl sites for hydroxylation is 1. The van der Waals surface area contributed by atoms with E-state index in [-0.39, 0.29) is 18.3 Å². The van der Waals surface area contributed by atoms with Gasteiger partial charge in [-0.1, -0.05) is 36.4 Å². The molecule has 0 saturated carbocycles. The fourth-order valence-electron chi connectivity index (χ4n) is 2.16. The van der Waals surface area contributed by atoms with E-state index < -0.39 is 5.97 Å². The van der Waals surface area contributed by atoms with Gasteiger partial charge in [0.05, 0.1) is 0 Å². The van der Waals surface area contributed by atoms with E-state index in [1.807, 2.05) is 31.2 Å². The molecule has 0 radical (unpaired) electrons. The van der Waals surface area contributed by atoms with Crippen molar-refractivity contribution in [1.29, 1.82) is 0 Å². The van der Waals surface area contributed by atoms with Gasteiger partial charge in [0, 0.05) is 12.6 Å². The third-order valence-corrected chi connectivity index (χ3v) is 3.58. The van der Waals surface area contributed by atoms with E-state index in [9.17, 15) is 14.0 Å². The number of esters is 1. The number of rotatable bonds is 7. The van der Waals surface area contributed by atoms with Crippen LogP contribution < -0.4 is 5.32 Å². The number of amides is 1. The molecule has 0 saturated heterocycles. The topological polar surface area (TPSA) is 55.4 Å². The number of nitrogens with one attached hydrogen (secondary N) is 1. The molecule has 0 aliphatic carbocycles. The summed E-state index contributed by atoms with van der Waals surface area (Å²) in [6.07, 6.45) is 3.53. The van der Waals surface area contributed by atoms with Crippen molar-refractivity contribution in [2.75, 3.05) is 13.2 Å². The van der Waals surface area contributed by atoms with Crippen LogP contribution in [0.25, 0.3) is 6.08 Å². The Bertz CT molecular complexity index is 754. The maximum atomic E-state index is 12.8. The van der Waals surface area contributed by atoms with Gasteiger partial charge in [-0.3, -0.25) is 4.79 Å². The van der Waals surface area contributed by atoms with E-state index in [0.29, 0.717) is 13.0 Å². The third kappa shape index (κ3) is 6.59. The first-order chi connectivity index (χ1) is 12.0. The van der Waals surface area contributed by atoms with Crippen molar-refractivity contribution in [3.8, 4) is 0 Å². The molecular formula is C20H20FNO3. The lowest BCUT2D eigenvalue weighted by Crippen LogP contribution is -2.30. The lowest BCUT2D eigenvalue weighted by molar-refractivity contribution is -0.143. The van der Waals surface area contributed by atoms with Crippen LogP contribution in [0.15, 0.2) is 54.6 Å². The van der Waals surface area contributed by atoms with Crippen LogP contribution >= 0.6 is 0 Å². The predicted octanol–water partition coefficient (Wildman–Crippen LogP) is 3.05. The first-order valence-corrected chi connectivity index (χ1v) is 7.96. The summed E-state index contributed by atoms with van der Waals surface area (Å²) >= 11 is 0. The molecule has 0 atom stereocenters. The summed E-state index contributed by atoms with van der Waals surface area (Å²) in [5.74, 6) is -1.24. The second kappa shape index (κ2) is 9.37. The van der Waals surface area contributed by atoms with Gasteiger partial charge in [-0.05, 0) is 48.2 Å². The van der Waals surface area contributed by atoms with Gasteiger partial charge >= 0.3 is 5.97 Å². The Labute approximate surface area is 146 Å². The van der Waals surface area contributed by atoms with E-state index in [2.05, 4.69) is 5.32 Å². The second-order valence-corrected chi connectivity index (χ2v) is 5.52. The van der Waals surface area contributed by atoms with Crippen molar-refractivity contribution in [3.63, 3.8) is 0 Å². The minimum absolute atomic E-state index is 0.293. The number of carbonyl (C=O) groups is 2. The predicted molar refractivity (Wildman–Crippen MR) is 94.3 cm³/mol. The van der Waals surface area contributed by atoms with Gasteiger partial charge in [-0.25, -0.2) is 9.18 Å². The molecule has 1 N–H and O–H groups in total. The first kappa shape index (κ1) is 18.4. The summed E-state index contributed by atoms with van der Waals surface area (Å²) in [6.45, 7) is 2.00. The SMILES string of the molecule is Cc1ccccc1/C=C/C(=O)OCC(=O)NCCc1ccc(F)cc1. The van der Waals surface area contributed by atoms with E-state index >= 15 is 0 Å². The summed E-state index contributed by atoms with van der Waals surface area (Å²) in [5.41, 5.74) is 2.88. The summed E-state index contributed by atoms with van der Waals surface area (Å²) in [4.78, 5) is 23.3. The molecule has 0 aliphatic heterocycles. The number of carbonyl (C=O) groups excluding carboxylic acids is 2. The highest BCUT2D eigenvalue weighted by atomic mass is 19.1. The van der Waals surface area contributed by atoms with Crippen molar-refractivity contribution in [2.45, 2.75) is 13.3 Å². The Hall–Kier alpha value is -2.95. The average Bonchev–Trinajstić information content (AvgIpc) is 2.61. The molecule has 0 bridgehead atoms. The molecule has 25 heavy (non-hydrogen) atoms. The van der Waals surface area contributed by atoms with E-state index in [1.54, 1.807) is 18.2 Å². The molecule has 0 fully saturated rings. The zero-order valence-electron chi connectivity index (χ0n) is 14.0. The normalized spacial score (nSPS) is 10.6. The molecule has 4 nitrogen and oxygen atoms in total. The van der Waals surface area contributed by atoms with E-state index in [0.717, 1.165) is 16.7 Å². The summed E-state index contributed by atoms with van der Waals surface area (Å²) < 4.78 is 17.7. The number of benzene rings is 2. The van der Waals surface area contributed by atoms with Crippen LogP contribution in [0.2, 0.25) is 0 Å². The highest BCUT2D eigenvalue weighted by Gasteiger charge is 2.05. The monoisotopic (exact) mass is 341 g/mol. The number of halogens is 1. The van der Waals surface area contributed by atoms with Crippen LogP contribution in [-0.4, -0.2) is 25.0 Å². The smallest absolute Gasteiger partial charge is 0.331 e. The zero-order chi connectivity index (χ0) is 18.1. The Kier molecular flexibility index (Phi) is 6.89. The van der Waals surface area contributed by atoms with Crippen molar-refractivity contribution < 1.29 is 18.7 Å². The van der Waals surface area contributed by atoms with Crippen LogP contribution in [0.5, 0.6) is 0 Å². The van der Waals surface area contributed by atoms with Crippen LogP contribution in [0, 0.1) is 12.7 Å². The Balaban J connectivity index is 1.68. The van der Waals surface area contributed by atoms with Gasteiger partial charge in [-0.2, -0.15) is 0 Å². The minimum Gasteiger partial charge on any atom is -0.452 e. The molecule has 2 aromatic carbocycles. The molecule has 1 amide bonds. The Morgan fingerprint density at radius 3 is 2.56 bits per heavy atom. The van der Waals surface area contributed by atoms with Crippen LogP contribution in [0.1, 0.15) is 16.7 Å². The zero-order valence-corrected chi connectivity index (χ0v) is 14.0. The van der Waals surface area contributed by atoms with Crippen molar-refractivity contribution >= 4 is 18.0 Å². The number of hydrogen-bond donors (Lipinski definition) is 1. The average molecular weight is 341 g/mol. The fourth-order valence-corrected chi connectivity index (χ4v) is 2.16. The molecule has 0 aliphatic rings. The molecule has 2 rings (SSSR count). The van der Waals surface area contributed by atoms with Gasteiger partial charge in [0.2, 0.25) is 0 Å². The van der Waals surface area contributed by atoms with Gasteiger partial charge < -0.3 is 10.1 Å². The minimum atomic E-state index is -0.572. The third-order valence-electron chi connectivity index (χ3n) is 3.58.